The fraction of sp³-hybridized carbons (Fsp3) is 0.609. The zero-order valence-electron chi connectivity index (χ0n) is 17.8. The number of nitrogens with zero attached hydrogens (tertiary/aromatic N) is 3. The summed E-state index contributed by atoms with van der Waals surface area (Å²) in [6.07, 6.45) is 6.48. The first kappa shape index (κ1) is 19.9. The number of hydrogen-bond donors (Lipinski definition) is 1. The second-order valence-corrected chi connectivity index (χ2v) is 9.23. The van der Waals surface area contributed by atoms with E-state index >= 15 is 0 Å². The van der Waals surface area contributed by atoms with E-state index < -0.39 is 5.54 Å². The third-order valence-corrected chi connectivity index (χ3v) is 6.51. The van der Waals surface area contributed by atoms with Gasteiger partial charge >= 0.3 is 0 Å². The Kier molecular flexibility index (Phi) is 5.36. The van der Waals surface area contributed by atoms with Crippen LogP contribution in [0.5, 0.6) is 0 Å². The molecule has 1 unspecified atom stereocenters. The molecule has 2 amide bonds. The zero-order chi connectivity index (χ0) is 20.6. The van der Waals surface area contributed by atoms with Gasteiger partial charge in [0.05, 0.1) is 17.6 Å². The lowest BCUT2D eigenvalue weighted by Crippen LogP contribution is -2.65. The molecule has 1 N–H and O–H groups in total. The van der Waals surface area contributed by atoms with E-state index in [0.717, 1.165) is 43.1 Å². The summed E-state index contributed by atoms with van der Waals surface area (Å²) in [7, 11) is 0. The highest BCUT2D eigenvalue weighted by atomic mass is 16.2. The van der Waals surface area contributed by atoms with Crippen LogP contribution in [0.2, 0.25) is 0 Å². The van der Waals surface area contributed by atoms with Crippen LogP contribution in [0.4, 0.5) is 0 Å². The largest absolute Gasteiger partial charge is 0.351 e. The summed E-state index contributed by atoms with van der Waals surface area (Å²) in [6.45, 7) is 7.20. The Balaban J connectivity index is 1.70. The van der Waals surface area contributed by atoms with Crippen LogP contribution in [0.25, 0.3) is 11.0 Å². The standard InChI is InChI=1S/C23H32N4O2/c1-16(2)13-14-27-21(28)20-25-18-11-7-8-12-19(18)26(20)15-23(27,3)22(29)24-17-9-5-4-6-10-17/h7-8,11-12,16-17H,4-6,9-10,13-15H2,1-3H3,(H,24,29). The predicted molar refractivity (Wildman–Crippen MR) is 114 cm³/mol. The first-order valence-corrected chi connectivity index (χ1v) is 11.0. The molecule has 1 aliphatic carbocycles. The fourth-order valence-corrected chi connectivity index (χ4v) is 4.65. The molecule has 2 aromatic rings. The minimum Gasteiger partial charge on any atom is -0.351 e. The molecule has 1 aromatic heterocycles. The summed E-state index contributed by atoms with van der Waals surface area (Å²) < 4.78 is 1.93. The van der Waals surface area contributed by atoms with Crippen LogP contribution in [0, 0.1) is 5.92 Å². The number of aromatic nitrogens is 2. The monoisotopic (exact) mass is 396 g/mol. The molecule has 156 valence electrons. The first-order valence-electron chi connectivity index (χ1n) is 11.0. The Morgan fingerprint density at radius 3 is 2.69 bits per heavy atom. The van der Waals surface area contributed by atoms with Crippen molar-refractivity contribution in [1.29, 1.82) is 0 Å². The van der Waals surface area contributed by atoms with Gasteiger partial charge in [-0.05, 0) is 44.2 Å². The molecular formula is C23H32N4O2. The highest BCUT2D eigenvalue weighted by Gasteiger charge is 2.48. The zero-order valence-corrected chi connectivity index (χ0v) is 17.8. The Morgan fingerprint density at radius 2 is 1.97 bits per heavy atom. The second-order valence-electron chi connectivity index (χ2n) is 9.23. The summed E-state index contributed by atoms with van der Waals surface area (Å²) in [4.78, 5) is 33.4. The quantitative estimate of drug-likeness (QED) is 0.837. The molecule has 4 rings (SSSR count). The Hall–Kier alpha value is -2.37. The molecule has 1 aromatic carbocycles. The molecule has 6 heteroatoms. The maximum Gasteiger partial charge on any atom is 0.290 e. The van der Waals surface area contributed by atoms with Crippen molar-refractivity contribution >= 4 is 22.8 Å². The van der Waals surface area contributed by atoms with Crippen molar-refractivity contribution in [2.24, 2.45) is 5.92 Å². The van der Waals surface area contributed by atoms with Gasteiger partial charge in [0.1, 0.15) is 5.54 Å². The van der Waals surface area contributed by atoms with Gasteiger partial charge in [-0.15, -0.1) is 0 Å². The van der Waals surface area contributed by atoms with Crippen LogP contribution in [0.3, 0.4) is 0 Å². The van der Waals surface area contributed by atoms with Crippen molar-refractivity contribution in [2.75, 3.05) is 6.54 Å². The van der Waals surface area contributed by atoms with Crippen molar-refractivity contribution < 1.29 is 9.59 Å². The average Bonchev–Trinajstić information content (AvgIpc) is 3.07. The van der Waals surface area contributed by atoms with Gasteiger partial charge in [0.25, 0.3) is 5.91 Å². The summed E-state index contributed by atoms with van der Waals surface area (Å²) in [6, 6.07) is 7.99. The molecule has 6 nitrogen and oxygen atoms in total. The molecule has 1 saturated carbocycles. The first-order chi connectivity index (χ1) is 13.9. The number of carbonyl (C=O) groups excluding carboxylic acids is 2. The molecule has 0 spiro atoms. The van der Waals surface area contributed by atoms with Gasteiger partial charge < -0.3 is 14.8 Å². The van der Waals surface area contributed by atoms with E-state index in [1.807, 2.05) is 35.8 Å². The van der Waals surface area contributed by atoms with Crippen molar-refractivity contribution in [1.82, 2.24) is 19.8 Å². The fourth-order valence-electron chi connectivity index (χ4n) is 4.65. The number of hydrogen-bond acceptors (Lipinski definition) is 3. The number of imidazole rings is 1. The lowest BCUT2D eigenvalue weighted by atomic mass is 9.91. The minimum atomic E-state index is -0.917. The third kappa shape index (κ3) is 3.65. The van der Waals surface area contributed by atoms with Crippen LogP contribution in [0.15, 0.2) is 24.3 Å². The molecule has 2 heterocycles. The molecule has 0 bridgehead atoms. The summed E-state index contributed by atoms with van der Waals surface area (Å²) >= 11 is 0. The lowest BCUT2D eigenvalue weighted by molar-refractivity contribution is -0.133. The number of benzene rings is 1. The summed E-state index contributed by atoms with van der Waals surface area (Å²) in [5.41, 5.74) is 0.799. The Labute approximate surface area is 172 Å². The number of para-hydroxylation sites is 2. The van der Waals surface area contributed by atoms with Gasteiger partial charge in [-0.25, -0.2) is 4.98 Å². The van der Waals surface area contributed by atoms with Gasteiger partial charge in [-0.1, -0.05) is 45.2 Å². The normalized spacial score (nSPS) is 22.9. The van der Waals surface area contributed by atoms with E-state index in [-0.39, 0.29) is 17.9 Å². The van der Waals surface area contributed by atoms with Crippen molar-refractivity contribution in [3.05, 3.63) is 30.1 Å². The molecule has 0 saturated heterocycles. The second kappa shape index (κ2) is 7.81. The third-order valence-electron chi connectivity index (χ3n) is 6.51. The number of carbonyl (C=O) groups is 2. The topological polar surface area (TPSA) is 67.2 Å². The van der Waals surface area contributed by atoms with Crippen molar-refractivity contribution in [3.63, 3.8) is 0 Å². The van der Waals surface area contributed by atoms with E-state index in [1.54, 1.807) is 4.90 Å². The van der Waals surface area contributed by atoms with Crippen molar-refractivity contribution in [2.45, 2.75) is 77.4 Å². The molecule has 1 atom stereocenters. The minimum absolute atomic E-state index is 0.0371. The molecule has 29 heavy (non-hydrogen) atoms. The highest BCUT2D eigenvalue weighted by molar-refractivity contribution is 6.01. The Bertz CT molecular complexity index is 913. The van der Waals surface area contributed by atoms with Crippen LogP contribution >= 0.6 is 0 Å². The van der Waals surface area contributed by atoms with Crippen LogP contribution in [-0.2, 0) is 11.3 Å². The van der Waals surface area contributed by atoms with Crippen LogP contribution < -0.4 is 5.32 Å². The van der Waals surface area contributed by atoms with E-state index in [1.165, 1.54) is 6.42 Å². The van der Waals surface area contributed by atoms with Crippen LogP contribution in [-0.4, -0.2) is 44.4 Å². The smallest absolute Gasteiger partial charge is 0.290 e. The highest BCUT2D eigenvalue weighted by Crippen LogP contribution is 2.31. The van der Waals surface area contributed by atoms with Gasteiger partial charge in [0.15, 0.2) is 5.82 Å². The van der Waals surface area contributed by atoms with Gasteiger partial charge in [-0.3, -0.25) is 9.59 Å². The molecular weight excluding hydrogens is 364 g/mol. The van der Waals surface area contributed by atoms with E-state index in [0.29, 0.717) is 24.8 Å². The maximum absolute atomic E-state index is 13.5. The Morgan fingerprint density at radius 1 is 1.24 bits per heavy atom. The molecule has 1 fully saturated rings. The van der Waals surface area contributed by atoms with Crippen molar-refractivity contribution in [3.8, 4) is 0 Å². The average molecular weight is 397 g/mol. The van der Waals surface area contributed by atoms with Gasteiger partial charge in [-0.2, -0.15) is 0 Å². The number of fused-ring (bicyclic) bond motifs is 3. The lowest BCUT2D eigenvalue weighted by Gasteiger charge is -2.44. The van der Waals surface area contributed by atoms with E-state index in [4.69, 9.17) is 0 Å². The van der Waals surface area contributed by atoms with Gasteiger partial charge in [0.2, 0.25) is 5.91 Å². The SMILES string of the molecule is CC(C)CCN1C(=O)c2nc3ccccc3n2CC1(C)C(=O)NC1CCCCC1. The maximum atomic E-state index is 13.5. The molecule has 1 aliphatic heterocycles. The molecule has 2 aliphatic rings. The number of nitrogens with one attached hydrogen (secondary N) is 1. The summed E-state index contributed by atoms with van der Waals surface area (Å²) in [5, 5.41) is 3.27. The van der Waals surface area contributed by atoms with E-state index in [9.17, 15) is 9.59 Å². The molecule has 0 radical (unpaired) electrons. The van der Waals surface area contributed by atoms with E-state index in [2.05, 4.69) is 24.1 Å². The number of rotatable bonds is 5. The van der Waals surface area contributed by atoms with Gasteiger partial charge in [0, 0.05) is 12.6 Å². The number of amides is 2. The van der Waals surface area contributed by atoms with Crippen LogP contribution in [0.1, 0.15) is 69.9 Å². The summed E-state index contributed by atoms with van der Waals surface area (Å²) in [5.74, 6) is 0.714. The predicted octanol–water partition coefficient (Wildman–Crippen LogP) is 3.75.